The molecule has 0 saturated carbocycles. The molecule has 0 aliphatic carbocycles. The summed E-state index contributed by atoms with van der Waals surface area (Å²) in [7, 11) is 0. The van der Waals surface area contributed by atoms with E-state index in [1.165, 1.54) is 0 Å². The molecule has 0 aliphatic rings. The van der Waals surface area contributed by atoms with E-state index in [0.29, 0.717) is 6.42 Å². The van der Waals surface area contributed by atoms with Gasteiger partial charge < -0.3 is 10.2 Å². The zero-order chi connectivity index (χ0) is 7.28. The number of aliphatic hydroxyl groups excluding tert-OH is 1. The molecule has 0 aromatic rings. The summed E-state index contributed by atoms with van der Waals surface area (Å²) < 4.78 is 0. The summed E-state index contributed by atoms with van der Waals surface area (Å²) in [4.78, 5) is 9.96. The number of carboxylic acids is 1. The van der Waals surface area contributed by atoms with Crippen molar-refractivity contribution in [1.82, 2.24) is 0 Å². The Hall–Kier alpha value is 0.430. The minimum absolute atomic E-state index is 0. The van der Waals surface area contributed by atoms with Gasteiger partial charge in [0.1, 0.15) is 0 Å². The number of aliphatic carboxylic acids is 1. The van der Waals surface area contributed by atoms with E-state index in [9.17, 15) is 4.79 Å². The third kappa shape index (κ3) is 6.55. The molecular weight excluding hydrogens is 143 g/mol. The van der Waals surface area contributed by atoms with Crippen molar-refractivity contribution in [2.24, 2.45) is 0 Å². The van der Waals surface area contributed by atoms with Crippen molar-refractivity contribution in [2.45, 2.75) is 32.3 Å². The largest absolute Gasteiger partial charge is 0.479 e. The van der Waals surface area contributed by atoms with E-state index in [1.54, 1.807) is 0 Å². The fourth-order valence-electron chi connectivity index (χ4n) is 0.521. The molecule has 0 rings (SSSR count). The average molecular weight is 155 g/mol. The molecule has 1 unspecified atom stereocenters. The van der Waals surface area contributed by atoms with E-state index in [-0.39, 0.29) is 29.6 Å². The number of unbranched alkanes of at least 4 members (excludes halogenated alkanes) is 1. The van der Waals surface area contributed by atoms with Crippen LogP contribution >= 0.6 is 0 Å². The third-order valence-electron chi connectivity index (χ3n) is 1.12. The van der Waals surface area contributed by atoms with Gasteiger partial charge in [0.25, 0.3) is 0 Å². The van der Waals surface area contributed by atoms with Crippen LogP contribution in [0.5, 0.6) is 0 Å². The molecule has 3 nitrogen and oxygen atoms in total. The maximum atomic E-state index is 9.96. The smallest absolute Gasteiger partial charge is 0.332 e. The van der Waals surface area contributed by atoms with E-state index < -0.39 is 12.1 Å². The van der Waals surface area contributed by atoms with Crippen molar-refractivity contribution in [1.29, 1.82) is 0 Å². The van der Waals surface area contributed by atoms with E-state index in [0.717, 1.165) is 12.8 Å². The molecule has 55 valence electrons. The van der Waals surface area contributed by atoms with Crippen LogP contribution in [0.3, 0.4) is 0 Å². The molecule has 10 heavy (non-hydrogen) atoms. The zero-order valence-corrected chi connectivity index (χ0v) is 8.50. The van der Waals surface area contributed by atoms with Gasteiger partial charge in [-0.1, -0.05) is 19.8 Å². The Balaban J connectivity index is 0. The van der Waals surface area contributed by atoms with Crippen LogP contribution in [0.4, 0.5) is 0 Å². The molecule has 1 radical (unpaired) electrons. The molecule has 0 heterocycles. The quantitative estimate of drug-likeness (QED) is 0.572. The topological polar surface area (TPSA) is 57.5 Å². The van der Waals surface area contributed by atoms with Crippen molar-refractivity contribution in [3.63, 3.8) is 0 Å². The first-order valence-corrected chi connectivity index (χ1v) is 3.09. The molecule has 0 bridgehead atoms. The van der Waals surface area contributed by atoms with Crippen LogP contribution < -0.4 is 0 Å². The van der Waals surface area contributed by atoms with Gasteiger partial charge in [-0.3, -0.25) is 0 Å². The Bertz CT molecular complexity index is 95.0. The molecule has 0 aromatic heterocycles. The normalized spacial score (nSPS) is 11.8. The Morgan fingerprint density at radius 3 is 2.40 bits per heavy atom. The van der Waals surface area contributed by atoms with Crippen molar-refractivity contribution in [3.05, 3.63) is 0 Å². The molecule has 0 spiro atoms. The minimum atomic E-state index is -1.16. The Morgan fingerprint density at radius 1 is 1.60 bits per heavy atom. The van der Waals surface area contributed by atoms with Gasteiger partial charge >= 0.3 is 5.97 Å². The van der Waals surface area contributed by atoms with E-state index in [2.05, 4.69) is 0 Å². The first kappa shape index (κ1) is 13.1. The average Bonchev–Trinajstić information content (AvgIpc) is 1.82. The maximum Gasteiger partial charge on any atom is 0.332 e. The van der Waals surface area contributed by atoms with Gasteiger partial charge in [-0.2, -0.15) is 0 Å². The molecule has 0 aromatic carbocycles. The number of rotatable bonds is 4. The van der Waals surface area contributed by atoms with Gasteiger partial charge in [0, 0.05) is 29.6 Å². The molecular formula is C6H12NaO3. The standard InChI is InChI=1S/C6H12O3.Na/c1-2-3-4-5(7)6(8)9;/h5,7H,2-4H2,1H3,(H,8,9);. The van der Waals surface area contributed by atoms with E-state index in [1.807, 2.05) is 6.92 Å². The van der Waals surface area contributed by atoms with Crippen LogP contribution in [0.1, 0.15) is 26.2 Å². The van der Waals surface area contributed by atoms with Gasteiger partial charge in [0.15, 0.2) is 6.10 Å². The second kappa shape index (κ2) is 7.54. The molecule has 4 heteroatoms. The Labute approximate surface area is 82.7 Å². The van der Waals surface area contributed by atoms with E-state index >= 15 is 0 Å². The number of carboxylic acid groups (broad SMARTS) is 1. The van der Waals surface area contributed by atoms with Crippen LogP contribution in [0.15, 0.2) is 0 Å². The Kier molecular flexibility index (Phi) is 9.84. The van der Waals surface area contributed by atoms with Crippen LogP contribution in [0.2, 0.25) is 0 Å². The van der Waals surface area contributed by atoms with Gasteiger partial charge in [0.05, 0.1) is 0 Å². The second-order valence-electron chi connectivity index (χ2n) is 2.00. The monoisotopic (exact) mass is 155 g/mol. The molecule has 2 N–H and O–H groups in total. The van der Waals surface area contributed by atoms with Crippen molar-refractivity contribution >= 4 is 35.5 Å². The van der Waals surface area contributed by atoms with E-state index in [4.69, 9.17) is 10.2 Å². The number of aliphatic hydroxyl groups is 1. The van der Waals surface area contributed by atoms with Crippen LogP contribution in [0.25, 0.3) is 0 Å². The second-order valence-corrected chi connectivity index (χ2v) is 2.00. The Morgan fingerprint density at radius 2 is 2.10 bits per heavy atom. The van der Waals surface area contributed by atoms with Crippen LogP contribution in [-0.2, 0) is 4.79 Å². The van der Waals surface area contributed by atoms with Crippen LogP contribution in [0, 0.1) is 0 Å². The first-order chi connectivity index (χ1) is 4.18. The van der Waals surface area contributed by atoms with Gasteiger partial charge in [0.2, 0.25) is 0 Å². The molecule has 0 saturated heterocycles. The van der Waals surface area contributed by atoms with Gasteiger partial charge in [-0.15, -0.1) is 0 Å². The summed E-state index contributed by atoms with van der Waals surface area (Å²) >= 11 is 0. The fraction of sp³-hybridized carbons (Fsp3) is 0.833. The molecule has 0 fully saturated rings. The first-order valence-electron chi connectivity index (χ1n) is 3.09. The summed E-state index contributed by atoms with van der Waals surface area (Å²) in [6.07, 6.45) is 0.897. The van der Waals surface area contributed by atoms with Gasteiger partial charge in [-0.05, 0) is 6.42 Å². The summed E-state index contributed by atoms with van der Waals surface area (Å²) in [5.74, 6) is -1.12. The maximum absolute atomic E-state index is 9.96. The predicted octanol–water partition coefficient (Wildman–Crippen LogP) is 0.241. The van der Waals surface area contributed by atoms with Gasteiger partial charge in [-0.25, -0.2) is 4.79 Å². The summed E-state index contributed by atoms with van der Waals surface area (Å²) in [5.41, 5.74) is 0. The summed E-state index contributed by atoms with van der Waals surface area (Å²) in [6, 6.07) is 0. The minimum Gasteiger partial charge on any atom is -0.479 e. The van der Waals surface area contributed by atoms with Crippen molar-refractivity contribution < 1.29 is 15.0 Å². The number of hydrogen-bond acceptors (Lipinski definition) is 2. The summed E-state index contributed by atoms with van der Waals surface area (Å²) in [5, 5.41) is 16.8. The molecule has 0 amide bonds. The molecule has 1 atom stereocenters. The number of hydrogen-bond donors (Lipinski definition) is 2. The van der Waals surface area contributed by atoms with Crippen molar-refractivity contribution in [3.8, 4) is 0 Å². The third-order valence-corrected chi connectivity index (χ3v) is 1.12. The zero-order valence-electron chi connectivity index (χ0n) is 6.50. The molecule has 0 aliphatic heterocycles. The summed E-state index contributed by atoms with van der Waals surface area (Å²) in [6.45, 7) is 1.95. The predicted molar refractivity (Wildman–Crippen MR) is 38.9 cm³/mol. The van der Waals surface area contributed by atoms with Crippen molar-refractivity contribution in [2.75, 3.05) is 0 Å². The SMILES string of the molecule is CCCCC(O)C(=O)O.[Na]. The number of carbonyl (C=O) groups is 1. The fourth-order valence-corrected chi connectivity index (χ4v) is 0.521. The van der Waals surface area contributed by atoms with Crippen LogP contribution in [-0.4, -0.2) is 51.8 Å².